The van der Waals surface area contributed by atoms with Gasteiger partial charge in [0.1, 0.15) is 5.76 Å². The summed E-state index contributed by atoms with van der Waals surface area (Å²) in [6.07, 6.45) is 3.00. The first-order chi connectivity index (χ1) is 7.12. The van der Waals surface area contributed by atoms with Crippen LogP contribution in [0.15, 0.2) is 21.2 Å². The van der Waals surface area contributed by atoms with E-state index in [0.717, 1.165) is 29.8 Å². The molecule has 1 aromatic rings. The average molecular weight is 274 g/mol. The zero-order valence-electron chi connectivity index (χ0n) is 9.05. The molecule has 2 heterocycles. The smallest absolute Gasteiger partial charge is 0.131 e. The predicted octanol–water partition coefficient (Wildman–Crippen LogP) is 2.70. The Morgan fingerprint density at radius 2 is 2.47 bits per heavy atom. The van der Waals surface area contributed by atoms with E-state index in [1.807, 2.05) is 6.07 Å². The Morgan fingerprint density at radius 3 is 3.00 bits per heavy atom. The summed E-state index contributed by atoms with van der Waals surface area (Å²) in [7, 11) is 0. The highest BCUT2D eigenvalue weighted by Gasteiger charge is 2.36. The summed E-state index contributed by atoms with van der Waals surface area (Å²) in [5.41, 5.74) is 0.0617. The normalized spacial score (nSPS) is 31.0. The minimum Gasteiger partial charge on any atom is -0.467 e. The summed E-state index contributed by atoms with van der Waals surface area (Å²) >= 11 is 3.44. The van der Waals surface area contributed by atoms with Crippen molar-refractivity contribution in [2.75, 3.05) is 6.61 Å². The van der Waals surface area contributed by atoms with E-state index in [-0.39, 0.29) is 11.6 Å². The van der Waals surface area contributed by atoms with Gasteiger partial charge in [-0.25, -0.2) is 0 Å². The Morgan fingerprint density at radius 1 is 1.67 bits per heavy atom. The van der Waals surface area contributed by atoms with Crippen LogP contribution in [-0.2, 0) is 11.3 Å². The highest BCUT2D eigenvalue weighted by atomic mass is 79.9. The van der Waals surface area contributed by atoms with Gasteiger partial charge in [-0.2, -0.15) is 0 Å². The van der Waals surface area contributed by atoms with Crippen LogP contribution in [0, 0.1) is 0 Å². The van der Waals surface area contributed by atoms with E-state index in [0.29, 0.717) is 0 Å². The van der Waals surface area contributed by atoms with Crippen molar-refractivity contribution in [2.24, 2.45) is 0 Å². The van der Waals surface area contributed by atoms with Gasteiger partial charge in [0.05, 0.1) is 23.4 Å². The fraction of sp³-hybridized carbons (Fsp3) is 0.636. The van der Waals surface area contributed by atoms with Crippen LogP contribution in [0.2, 0.25) is 0 Å². The fourth-order valence-electron chi connectivity index (χ4n) is 1.80. The molecule has 1 saturated heterocycles. The number of rotatable bonds is 3. The van der Waals surface area contributed by atoms with E-state index in [1.165, 1.54) is 0 Å². The van der Waals surface area contributed by atoms with E-state index in [4.69, 9.17) is 9.15 Å². The Hall–Kier alpha value is -0.320. The molecular formula is C11H16BrNO2. The molecule has 2 rings (SSSR count). The van der Waals surface area contributed by atoms with Gasteiger partial charge in [-0.3, -0.25) is 0 Å². The lowest BCUT2D eigenvalue weighted by Gasteiger charge is -2.28. The number of hydrogen-bond donors (Lipinski definition) is 1. The second kappa shape index (κ2) is 4.28. The molecule has 1 aromatic heterocycles. The van der Waals surface area contributed by atoms with Crippen LogP contribution in [0.4, 0.5) is 0 Å². The predicted molar refractivity (Wildman–Crippen MR) is 61.7 cm³/mol. The Kier molecular flexibility index (Phi) is 3.19. The molecule has 1 aliphatic rings. The largest absolute Gasteiger partial charge is 0.467 e. The van der Waals surface area contributed by atoms with Crippen molar-refractivity contribution in [3.05, 3.63) is 22.6 Å². The van der Waals surface area contributed by atoms with Gasteiger partial charge in [0.2, 0.25) is 0 Å². The number of hydrogen-bond acceptors (Lipinski definition) is 3. The third kappa shape index (κ3) is 2.27. The maximum atomic E-state index is 5.56. The van der Waals surface area contributed by atoms with Gasteiger partial charge in [-0.15, -0.1) is 0 Å². The fourth-order valence-corrected chi connectivity index (χ4v) is 2.14. The van der Waals surface area contributed by atoms with Gasteiger partial charge in [-0.1, -0.05) is 0 Å². The lowest BCUT2D eigenvalue weighted by molar-refractivity contribution is 0.0874. The first-order valence-electron chi connectivity index (χ1n) is 5.20. The Balaban J connectivity index is 1.96. The maximum Gasteiger partial charge on any atom is 0.131 e. The van der Waals surface area contributed by atoms with Crippen LogP contribution in [-0.4, -0.2) is 18.2 Å². The Bertz CT molecular complexity index is 339. The van der Waals surface area contributed by atoms with E-state index in [9.17, 15) is 0 Å². The topological polar surface area (TPSA) is 34.4 Å². The molecule has 0 saturated carbocycles. The molecular weight excluding hydrogens is 258 g/mol. The van der Waals surface area contributed by atoms with Crippen LogP contribution < -0.4 is 5.32 Å². The molecule has 0 bridgehead atoms. The van der Waals surface area contributed by atoms with Crippen LogP contribution in [0.3, 0.4) is 0 Å². The second-order valence-corrected chi connectivity index (χ2v) is 5.08. The molecule has 2 atom stereocenters. The van der Waals surface area contributed by atoms with Crippen molar-refractivity contribution in [1.29, 1.82) is 0 Å². The van der Waals surface area contributed by atoms with Crippen LogP contribution in [0.25, 0.3) is 0 Å². The number of halogens is 1. The zero-order chi connectivity index (χ0) is 10.9. The monoisotopic (exact) mass is 273 g/mol. The third-order valence-corrected chi connectivity index (χ3v) is 3.94. The van der Waals surface area contributed by atoms with Crippen LogP contribution >= 0.6 is 15.9 Å². The first kappa shape index (κ1) is 11.2. The van der Waals surface area contributed by atoms with Crippen molar-refractivity contribution in [1.82, 2.24) is 5.32 Å². The van der Waals surface area contributed by atoms with E-state index in [2.05, 4.69) is 35.1 Å². The first-order valence-corrected chi connectivity index (χ1v) is 5.99. The molecule has 0 amide bonds. The van der Waals surface area contributed by atoms with Crippen molar-refractivity contribution in [2.45, 2.75) is 38.5 Å². The Labute approximate surface area is 98.3 Å². The van der Waals surface area contributed by atoms with E-state index >= 15 is 0 Å². The lowest BCUT2D eigenvalue weighted by atomic mass is 9.95. The summed E-state index contributed by atoms with van der Waals surface area (Å²) < 4.78 is 11.9. The average Bonchev–Trinajstić information content (AvgIpc) is 2.73. The van der Waals surface area contributed by atoms with Crippen molar-refractivity contribution >= 4 is 15.9 Å². The van der Waals surface area contributed by atoms with Gasteiger partial charge in [0.25, 0.3) is 0 Å². The van der Waals surface area contributed by atoms with E-state index < -0.39 is 0 Å². The van der Waals surface area contributed by atoms with Gasteiger partial charge in [0, 0.05) is 12.1 Å². The van der Waals surface area contributed by atoms with Crippen LogP contribution in [0.1, 0.15) is 26.0 Å². The summed E-state index contributed by atoms with van der Waals surface area (Å²) in [5, 5.41) is 3.50. The molecule has 2 unspecified atom stereocenters. The number of ether oxygens (including phenoxy) is 1. The number of furan rings is 1. The maximum absolute atomic E-state index is 5.56. The van der Waals surface area contributed by atoms with Crippen molar-refractivity contribution in [3.8, 4) is 0 Å². The third-order valence-electron chi connectivity index (χ3n) is 3.23. The lowest BCUT2D eigenvalue weighted by Crippen LogP contribution is -2.47. The molecule has 4 heteroatoms. The highest BCUT2D eigenvalue weighted by molar-refractivity contribution is 9.10. The molecule has 84 valence electrons. The van der Waals surface area contributed by atoms with Gasteiger partial charge in [0.15, 0.2) is 0 Å². The molecule has 0 aliphatic carbocycles. The van der Waals surface area contributed by atoms with Crippen molar-refractivity contribution < 1.29 is 9.15 Å². The quantitative estimate of drug-likeness (QED) is 0.920. The zero-order valence-corrected chi connectivity index (χ0v) is 10.6. The standard InChI is InChI=1S/C11H16BrNO2/c1-8-11(2,4-6-14-8)13-7-10-9(12)3-5-15-10/h3,5,8,13H,4,6-7H2,1-2H3. The molecule has 3 nitrogen and oxygen atoms in total. The van der Waals surface area contributed by atoms with Crippen molar-refractivity contribution in [3.63, 3.8) is 0 Å². The molecule has 0 radical (unpaired) electrons. The molecule has 1 aliphatic heterocycles. The summed E-state index contributed by atoms with van der Waals surface area (Å²) in [5.74, 6) is 0.940. The number of nitrogens with one attached hydrogen (secondary N) is 1. The molecule has 0 spiro atoms. The highest BCUT2D eigenvalue weighted by Crippen LogP contribution is 2.26. The molecule has 1 N–H and O–H groups in total. The van der Waals surface area contributed by atoms with E-state index in [1.54, 1.807) is 6.26 Å². The van der Waals surface area contributed by atoms with Crippen LogP contribution in [0.5, 0.6) is 0 Å². The minimum atomic E-state index is 0.0617. The summed E-state index contributed by atoms with van der Waals surface area (Å²) in [6, 6.07) is 1.91. The molecule has 1 fully saturated rings. The summed E-state index contributed by atoms with van der Waals surface area (Å²) in [4.78, 5) is 0. The molecule has 0 aromatic carbocycles. The summed E-state index contributed by atoms with van der Waals surface area (Å²) in [6.45, 7) is 5.88. The molecule has 15 heavy (non-hydrogen) atoms. The van der Waals surface area contributed by atoms with Gasteiger partial charge >= 0.3 is 0 Å². The SMILES string of the molecule is CC1OCCC1(C)NCc1occc1Br. The van der Waals surface area contributed by atoms with Gasteiger partial charge < -0.3 is 14.5 Å². The van der Waals surface area contributed by atoms with Gasteiger partial charge in [-0.05, 0) is 42.3 Å². The second-order valence-electron chi connectivity index (χ2n) is 4.23. The minimum absolute atomic E-state index is 0.0617.